The molecule has 0 aliphatic heterocycles. The number of amides is 1. The van der Waals surface area contributed by atoms with Crippen molar-refractivity contribution in [3.63, 3.8) is 0 Å². The highest BCUT2D eigenvalue weighted by atomic mass is 32.1. The maximum absolute atomic E-state index is 12.7. The summed E-state index contributed by atoms with van der Waals surface area (Å²) in [5.41, 5.74) is 3.67. The van der Waals surface area contributed by atoms with Crippen molar-refractivity contribution in [3.8, 4) is 10.6 Å². The zero-order chi connectivity index (χ0) is 17.4. The first-order valence-corrected chi connectivity index (χ1v) is 9.63. The van der Waals surface area contributed by atoms with Crippen molar-refractivity contribution in [2.45, 2.75) is 19.9 Å². The van der Waals surface area contributed by atoms with Gasteiger partial charge in [-0.2, -0.15) is 11.3 Å². The number of hydrogen-bond acceptors (Lipinski definition) is 5. The lowest BCUT2D eigenvalue weighted by Gasteiger charge is -2.10. The average molecular weight is 368 g/mol. The van der Waals surface area contributed by atoms with Crippen molar-refractivity contribution in [2.24, 2.45) is 0 Å². The summed E-state index contributed by atoms with van der Waals surface area (Å²) in [6.45, 7) is 3.79. The number of H-pyrrole nitrogens is 1. The van der Waals surface area contributed by atoms with E-state index >= 15 is 0 Å². The third-order valence-corrected chi connectivity index (χ3v) is 5.82. The molecule has 4 rings (SSSR count). The Morgan fingerprint density at radius 1 is 1.24 bits per heavy atom. The van der Waals surface area contributed by atoms with Crippen LogP contribution in [0.4, 0.5) is 0 Å². The second-order valence-electron chi connectivity index (χ2n) is 5.78. The predicted octanol–water partition coefficient (Wildman–Crippen LogP) is 4.55. The lowest BCUT2D eigenvalue weighted by molar-refractivity contribution is 0.0941. The van der Waals surface area contributed by atoms with E-state index in [1.54, 1.807) is 11.3 Å². The van der Waals surface area contributed by atoms with Crippen LogP contribution in [0.5, 0.6) is 0 Å². The molecule has 0 spiro atoms. The van der Waals surface area contributed by atoms with E-state index < -0.39 is 0 Å². The van der Waals surface area contributed by atoms with Crippen LogP contribution in [-0.2, 0) is 0 Å². The molecule has 1 atom stereocenters. The normalized spacial score (nSPS) is 12.4. The van der Waals surface area contributed by atoms with Crippen LogP contribution in [0.1, 0.15) is 34.2 Å². The predicted molar refractivity (Wildman–Crippen MR) is 102 cm³/mol. The number of thiazole rings is 1. The van der Waals surface area contributed by atoms with Gasteiger partial charge in [-0.05, 0) is 37.4 Å². The van der Waals surface area contributed by atoms with Crippen LogP contribution in [0, 0.1) is 6.92 Å². The number of aromatic nitrogens is 3. The van der Waals surface area contributed by atoms with Crippen LogP contribution in [-0.4, -0.2) is 20.9 Å². The number of aromatic amines is 1. The number of para-hydroxylation sites is 2. The number of imidazole rings is 1. The number of carbonyl (C=O) groups excluding carboxylic acids is 1. The fourth-order valence-electron chi connectivity index (χ4n) is 2.62. The Balaban J connectivity index is 1.55. The van der Waals surface area contributed by atoms with Gasteiger partial charge in [-0.3, -0.25) is 4.79 Å². The number of hydrogen-bond donors (Lipinski definition) is 2. The highest BCUT2D eigenvalue weighted by molar-refractivity contribution is 7.17. The third-order valence-electron chi connectivity index (χ3n) is 3.94. The fourth-order valence-corrected chi connectivity index (χ4v) is 4.31. The second kappa shape index (κ2) is 6.42. The Hall–Kier alpha value is -2.51. The maximum atomic E-state index is 12.7. The molecule has 0 fully saturated rings. The van der Waals surface area contributed by atoms with E-state index in [1.807, 2.05) is 54.9 Å². The van der Waals surface area contributed by atoms with Crippen LogP contribution in [0.25, 0.3) is 21.6 Å². The minimum absolute atomic E-state index is 0.121. The summed E-state index contributed by atoms with van der Waals surface area (Å²) < 4.78 is 0. The number of nitrogens with one attached hydrogen (secondary N) is 2. The van der Waals surface area contributed by atoms with Gasteiger partial charge in [0.1, 0.15) is 15.7 Å². The van der Waals surface area contributed by atoms with E-state index in [1.165, 1.54) is 11.3 Å². The van der Waals surface area contributed by atoms with Crippen molar-refractivity contribution < 1.29 is 4.79 Å². The number of thiophene rings is 1. The van der Waals surface area contributed by atoms with E-state index in [9.17, 15) is 4.79 Å². The first kappa shape index (κ1) is 16.0. The van der Waals surface area contributed by atoms with E-state index in [-0.39, 0.29) is 11.9 Å². The Labute approximate surface area is 152 Å². The quantitative estimate of drug-likeness (QED) is 0.555. The smallest absolute Gasteiger partial charge is 0.263 e. The lowest BCUT2D eigenvalue weighted by Crippen LogP contribution is -2.27. The molecule has 126 valence electrons. The SMILES string of the molecule is Cc1nc(-c2ccsc2)sc1C(=O)NC(C)c1nc2ccccc2[nH]1. The van der Waals surface area contributed by atoms with Gasteiger partial charge in [-0.25, -0.2) is 9.97 Å². The summed E-state index contributed by atoms with van der Waals surface area (Å²) in [5, 5.41) is 7.94. The highest BCUT2D eigenvalue weighted by Crippen LogP contribution is 2.29. The fraction of sp³-hybridized carbons (Fsp3) is 0.167. The summed E-state index contributed by atoms with van der Waals surface area (Å²) in [7, 11) is 0. The molecular weight excluding hydrogens is 352 g/mol. The molecule has 4 aromatic rings. The largest absolute Gasteiger partial charge is 0.342 e. The lowest BCUT2D eigenvalue weighted by atomic mass is 10.3. The molecule has 0 bridgehead atoms. The van der Waals surface area contributed by atoms with Crippen molar-refractivity contribution in [2.75, 3.05) is 0 Å². The molecular formula is C18H16N4OS2. The van der Waals surface area contributed by atoms with Crippen LogP contribution in [0.2, 0.25) is 0 Å². The summed E-state index contributed by atoms with van der Waals surface area (Å²) >= 11 is 3.04. The van der Waals surface area contributed by atoms with Gasteiger partial charge in [0.15, 0.2) is 0 Å². The van der Waals surface area contributed by atoms with Gasteiger partial charge in [-0.1, -0.05) is 12.1 Å². The van der Waals surface area contributed by atoms with Gasteiger partial charge < -0.3 is 10.3 Å². The molecule has 0 aliphatic rings. The van der Waals surface area contributed by atoms with Gasteiger partial charge in [0.2, 0.25) is 0 Å². The summed E-state index contributed by atoms with van der Waals surface area (Å²) in [6, 6.07) is 9.63. The zero-order valence-corrected chi connectivity index (χ0v) is 15.4. The topological polar surface area (TPSA) is 70.7 Å². The van der Waals surface area contributed by atoms with Crippen LogP contribution in [0.3, 0.4) is 0 Å². The Bertz CT molecular complexity index is 1000. The molecule has 3 aromatic heterocycles. The first-order valence-electron chi connectivity index (χ1n) is 7.87. The molecule has 1 aromatic carbocycles. The van der Waals surface area contributed by atoms with Crippen molar-refractivity contribution in [1.29, 1.82) is 0 Å². The Morgan fingerprint density at radius 2 is 2.08 bits per heavy atom. The molecule has 1 unspecified atom stereocenters. The molecule has 0 saturated heterocycles. The first-order chi connectivity index (χ1) is 12.1. The van der Waals surface area contributed by atoms with Crippen LogP contribution in [0.15, 0.2) is 41.1 Å². The molecule has 0 saturated carbocycles. The monoisotopic (exact) mass is 368 g/mol. The number of aryl methyl sites for hydroxylation is 1. The molecule has 25 heavy (non-hydrogen) atoms. The van der Waals surface area contributed by atoms with Crippen molar-refractivity contribution in [3.05, 3.63) is 57.5 Å². The van der Waals surface area contributed by atoms with Gasteiger partial charge in [0.05, 0.1) is 22.8 Å². The molecule has 0 radical (unpaired) electrons. The molecule has 5 nitrogen and oxygen atoms in total. The molecule has 1 amide bonds. The van der Waals surface area contributed by atoms with Gasteiger partial charge >= 0.3 is 0 Å². The number of fused-ring (bicyclic) bond motifs is 1. The summed E-state index contributed by atoms with van der Waals surface area (Å²) in [5.74, 6) is 0.624. The van der Waals surface area contributed by atoms with E-state index in [4.69, 9.17) is 0 Å². The van der Waals surface area contributed by atoms with Crippen molar-refractivity contribution >= 4 is 39.6 Å². The number of rotatable bonds is 4. The van der Waals surface area contributed by atoms with E-state index in [0.717, 1.165) is 33.1 Å². The van der Waals surface area contributed by atoms with Crippen molar-refractivity contribution in [1.82, 2.24) is 20.3 Å². The maximum Gasteiger partial charge on any atom is 0.263 e. The van der Waals surface area contributed by atoms with E-state index in [0.29, 0.717) is 4.88 Å². The standard InChI is InChI=1S/C18H16N4OS2/c1-10-15(25-18(20-10)12-7-8-24-9-12)17(23)19-11(2)16-21-13-5-3-4-6-14(13)22-16/h3-9,11H,1-2H3,(H,19,23)(H,21,22). The highest BCUT2D eigenvalue weighted by Gasteiger charge is 2.20. The second-order valence-corrected chi connectivity index (χ2v) is 7.56. The number of carbonyl (C=O) groups is 1. The number of benzene rings is 1. The number of nitrogens with zero attached hydrogens (tertiary/aromatic N) is 2. The van der Waals surface area contributed by atoms with Gasteiger partial charge in [-0.15, -0.1) is 11.3 Å². The molecule has 2 N–H and O–H groups in total. The molecule has 3 heterocycles. The minimum atomic E-state index is -0.217. The average Bonchev–Trinajstić information content (AvgIpc) is 3.33. The van der Waals surface area contributed by atoms with Gasteiger partial charge in [0, 0.05) is 10.9 Å². The summed E-state index contributed by atoms with van der Waals surface area (Å²) in [6.07, 6.45) is 0. The zero-order valence-electron chi connectivity index (χ0n) is 13.7. The molecule has 0 aliphatic carbocycles. The third kappa shape index (κ3) is 3.08. The minimum Gasteiger partial charge on any atom is -0.342 e. The molecule has 7 heteroatoms. The summed E-state index contributed by atoms with van der Waals surface area (Å²) in [4.78, 5) is 25.6. The van der Waals surface area contributed by atoms with Gasteiger partial charge in [0.25, 0.3) is 5.91 Å². The van der Waals surface area contributed by atoms with Crippen LogP contribution < -0.4 is 5.32 Å². The Morgan fingerprint density at radius 3 is 2.84 bits per heavy atom. The van der Waals surface area contributed by atoms with E-state index in [2.05, 4.69) is 20.3 Å². The Kier molecular flexibility index (Phi) is 4.10. The van der Waals surface area contributed by atoms with Crippen LogP contribution >= 0.6 is 22.7 Å².